The Kier molecular flexibility index (Phi) is 6.14. The van der Waals surface area contributed by atoms with E-state index in [2.05, 4.69) is 10.2 Å². The molecule has 0 fully saturated rings. The van der Waals surface area contributed by atoms with Crippen molar-refractivity contribution >= 4 is 17.7 Å². The average Bonchev–Trinajstić information content (AvgIpc) is 3.06. The zero-order valence-electron chi connectivity index (χ0n) is 16.4. The number of halogens is 1. The summed E-state index contributed by atoms with van der Waals surface area (Å²) in [6.45, 7) is 3.96. The van der Waals surface area contributed by atoms with Crippen LogP contribution in [0.15, 0.2) is 53.7 Å². The van der Waals surface area contributed by atoms with E-state index in [4.69, 9.17) is 0 Å². The number of rotatable bonds is 6. The Hall–Kier alpha value is -2.67. The number of hydrogen-bond acceptors (Lipinski definition) is 4. The summed E-state index contributed by atoms with van der Waals surface area (Å²) < 4.78 is 15.0. The van der Waals surface area contributed by atoms with Gasteiger partial charge < -0.3 is 9.47 Å². The van der Waals surface area contributed by atoms with Gasteiger partial charge in [-0.2, -0.15) is 0 Å². The molecule has 1 heterocycles. The molecule has 0 N–H and O–H groups in total. The lowest BCUT2D eigenvalue weighted by Gasteiger charge is -2.25. The second kappa shape index (κ2) is 8.56. The fourth-order valence-electron chi connectivity index (χ4n) is 2.80. The third kappa shape index (κ3) is 4.42. The smallest absolute Gasteiger partial charge is 0.233 e. The fourth-order valence-corrected chi connectivity index (χ4v) is 3.64. The number of aromatic nitrogens is 3. The number of nitrogens with zero attached hydrogens (tertiary/aromatic N) is 4. The minimum atomic E-state index is -0.285. The molecule has 7 heteroatoms. The quantitative estimate of drug-likeness (QED) is 0.583. The van der Waals surface area contributed by atoms with E-state index in [1.54, 1.807) is 24.1 Å². The summed E-state index contributed by atoms with van der Waals surface area (Å²) in [5.41, 5.74) is 3.06. The highest BCUT2D eigenvalue weighted by Gasteiger charge is 2.19. The minimum absolute atomic E-state index is 0.0262. The van der Waals surface area contributed by atoms with Gasteiger partial charge in [-0.25, -0.2) is 4.39 Å². The first-order valence-corrected chi connectivity index (χ1v) is 9.95. The van der Waals surface area contributed by atoms with Crippen molar-refractivity contribution in [3.05, 3.63) is 65.5 Å². The van der Waals surface area contributed by atoms with Gasteiger partial charge in [-0.3, -0.25) is 4.79 Å². The highest BCUT2D eigenvalue weighted by Crippen LogP contribution is 2.25. The first-order valence-electron chi connectivity index (χ1n) is 8.97. The van der Waals surface area contributed by atoms with Crippen molar-refractivity contribution in [1.29, 1.82) is 0 Å². The van der Waals surface area contributed by atoms with Crippen molar-refractivity contribution in [3.8, 4) is 11.4 Å². The molecular weight excluding hydrogens is 375 g/mol. The molecule has 3 rings (SSSR count). The summed E-state index contributed by atoms with van der Waals surface area (Å²) in [7, 11) is 3.65. The van der Waals surface area contributed by atoms with Gasteiger partial charge in [-0.15, -0.1) is 10.2 Å². The first kappa shape index (κ1) is 20.1. The van der Waals surface area contributed by atoms with Gasteiger partial charge in [0, 0.05) is 19.7 Å². The molecule has 0 aliphatic rings. The van der Waals surface area contributed by atoms with E-state index in [0.717, 1.165) is 17.0 Å². The predicted octanol–water partition coefficient (Wildman–Crippen LogP) is 4.24. The first-order chi connectivity index (χ1) is 13.4. The Morgan fingerprint density at radius 2 is 1.79 bits per heavy atom. The number of hydrogen-bond donors (Lipinski definition) is 0. The summed E-state index contributed by atoms with van der Waals surface area (Å²) in [6.07, 6.45) is 0. The molecule has 0 aliphatic carbocycles. The number of thioether (sulfide) groups is 1. The molecule has 146 valence electrons. The van der Waals surface area contributed by atoms with Gasteiger partial charge in [0.1, 0.15) is 5.82 Å². The van der Waals surface area contributed by atoms with Gasteiger partial charge >= 0.3 is 0 Å². The number of carbonyl (C=O) groups excluding carboxylic acids is 1. The van der Waals surface area contributed by atoms with E-state index in [-0.39, 0.29) is 23.5 Å². The molecule has 0 saturated heterocycles. The molecule has 0 saturated carbocycles. The van der Waals surface area contributed by atoms with E-state index < -0.39 is 0 Å². The topological polar surface area (TPSA) is 51.0 Å². The van der Waals surface area contributed by atoms with Crippen molar-refractivity contribution in [2.45, 2.75) is 25.0 Å². The summed E-state index contributed by atoms with van der Waals surface area (Å²) in [5.74, 6) is 0.707. The van der Waals surface area contributed by atoms with E-state index in [9.17, 15) is 9.18 Å². The number of aryl methyl sites for hydroxylation is 1. The Labute approximate surface area is 168 Å². The largest absolute Gasteiger partial charge is 0.338 e. The van der Waals surface area contributed by atoms with E-state index >= 15 is 0 Å². The van der Waals surface area contributed by atoms with Crippen LogP contribution >= 0.6 is 11.8 Å². The van der Waals surface area contributed by atoms with Crippen molar-refractivity contribution in [2.24, 2.45) is 7.05 Å². The Bertz CT molecular complexity index is 954. The van der Waals surface area contributed by atoms with Crippen LogP contribution in [0, 0.1) is 12.7 Å². The van der Waals surface area contributed by atoms with E-state index in [1.807, 2.05) is 49.7 Å². The van der Waals surface area contributed by atoms with Gasteiger partial charge in [0.15, 0.2) is 11.0 Å². The Morgan fingerprint density at radius 1 is 1.14 bits per heavy atom. The van der Waals surface area contributed by atoms with Crippen LogP contribution in [0.2, 0.25) is 0 Å². The highest BCUT2D eigenvalue weighted by molar-refractivity contribution is 7.99. The summed E-state index contributed by atoms with van der Waals surface area (Å²) in [4.78, 5) is 14.3. The van der Waals surface area contributed by atoms with E-state index in [0.29, 0.717) is 5.16 Å². The normalized spacial score (nSPS) is 12.0. The molecule has 0 radical (unpaired) electrons. The van der Waals surface area contributed by atoms with Crippen LogP contribution in [-0.4, -0.2) is 38.4 Å². The lowest BCUT2D eigenvalue weighted by Crippen LogP contribution is -2.31. The maximum absolute atomic E-state index is 13.1. The van der Waals surface area contributed by atoms with Gasteiger partial charge in [0.2, 0.25) is 5.91 Å². The summed E-state index contributed by atoms with van der Waals surface area (Å²) in [6, 6.07) is 14.2. The molecule has 0 spiro atoms. The standard InChI is InChI=1S/C21H23FN4OS/c1-14-5-7-17(8-6-14)20-23-24-21(26(20)4)28-13-19(27)25(3)15(2)16-9-11-18(22)12-10-16/h5-12,15H,13H2,1-4H3. The summed E-state index contributed by atoms with van der Waals surface area (Å²) >= 11 is 1.36. The SMILES string of the molecule is Cc1ccc(-c2nnc(SCC(=O)N(C)C(C)c3ccc(F)cc3)n2C)cc1. The monoisotopic (exact) mass is 398 g/mol. The van der Waals surface area contributed by atoms with Crippen LogP contribution in [-0.2, 0) is 11.8 Å². The maximum Gasteiger partial charge on any atom is 0.233 e. The van der Waals surface area contributed by atoms with Gasteiger partial charge in [-0.1, -0.05) is 53.7 Å². The van der Waals surface area contributed by atoms with Gasteiger partial charge in [0.05, 0.1) is 11.8 Å². The molecule has 0 aliphatic heterocycles. The van der Waals surface area contributed by atoms with Gasteiger partial charge in [0.25, 0.3) is 0 Å². The lowest BCUT2D eigenvalue weighted by molar-refractivity contribution is -0.128. The molecular formula is C21H23FN4OS. The van der Waals surface area contributed by atoms with Crippen LogP contribution in [0.4, 0.5) is 4.39 Å². The summed E-state index contributed by atoms with van der Waals surface area (Å²) in [5, 5.41) is 9.17. The predicted molar refractivity (Wildman–Crippen MR) is 109 cm³/mol. The van der Waals surface area contributed by atoms with Crippen molar-refractivity contribution in [3.63, 3.8) is 0 Å². The van der Waals surface area contributed by atoms with Crippen LogP contribution < -0.4 is 0 Å². The van der Waals surface area contributed by atoms with Crippen LogP contribution in [0.25, 0.3) is 11.4 Å². The molecule has 1 amide bonds. The molecule has 2 aromatic carbocycles. The van der Waals surface area contributed by atoms with Crippen LogP contribution in [0.1, 0.15) is 24.1 Å². The maximum atomic E-state index is 13.1. The Balaban J connectivity index is 1.64. The number of benzene rings is 2. The number of amides is 1. The fraction of sp³-hybridized carbons (Fsp3) is 0.286. The molecule has 1 unspecified atom stereocenters. The van der Waals surface area contributed by atoms with Crippen molar-refractivity contribution < 1.29 is 9.18 Å². The zero-order chi connectivity index (χ0) is 20.3. The van der Waals surface area contributed by atoms with Crippen molar-refractivity contribution in [1.82, 2.24) is 19.7 Å². The molecule has 3 aromatic rings. The average molecular weight is 399 g/mol. The lowest BCUT2D eigenvalue weighted by atomic mass is 10.1. The second-order valence-electron chi connectivity index (χ2n) is 6.75. The molecule has 28 heavy (non-hydrogen) atoms. The van der Waals surface area contributed by atoms with E-state index in [1.165, 1.54) is 29.5 Å². The van der Waals surface area contributed by atoms with Crippen LogP contribution in [0.3, 0.4) is 0 Å². The van der Waals surface area contributed by atoms with Crippen molar-refractivity contribution in [2.75, 3.05) is 12.8 Å². The zero-order valence-corrected chi connectivity index (χ0v) is 17.2. The molecule has 1 aromatic heterocycles. The Morgan fingerprint density at radius 3 is 2.43 bits per heavy atom. The third-order valence-electron chi connectivity index (χ3n) is 4.80. The van der Waals surface area contributed by atoms with Gasteiger partial charge in [-0.05, 0) is 31.5 Å². The third-order valence-corrected chi connectivity index (χ3v) is 5.80. The van der Waals surface area contributed by atoms with Crippen LogP contribution in [0.5, 0.6) is 0 Å². The highest BCUT2D eigenvalue weighted by atomic mass is 32.2. The molecule has 1 atom stereocenters. The number of carbonyl (C=O) groups is 1. The molecule has 0 bridgehead atoms. The minimum Gasteiger partial charge on any atom is -0.338 e. The molecule has 5 nitrogen and oxygen atoms in total. The second-order valence-corrected chi connectivity index (χ2v) is 7.69.